The molecule has 2 aliphatic heterocycles. The van der Waals surface area contributed by atoms with Gasteiger partial charge in [0.05, 0.1) is 0 Å². The summed E-state index contributed by atoms with van der Waals surface area (Å²) in [6, 6.07) is 5.03. The average molecular weight is 306 g/mol. The van der Waals surface area contributed by atoms with Gasteiger partial charge < -0.3 is 4.57 Å². The highest BCUT2D eigenvalue weighted by molar-refractivity contribution is 9.10. The second-order valence-corrected chi connectivity index (χ2v) is 6.27. The fourth-order valence-electron chi connectivity index (χ4n) is 3.60. The first-order valence-corrected chi connectivity index (χ1v) is 7.40. The van der Waals surface area contributed by atoms with E-state index in [0.29, 0.717) is 0 Å². The molecule has 2 aromatic heterocycles. The lowest BCUT2D eigenvalue weighted by molar-refractivity contribution is 0.225. The summed E-state index contributed by atoms with van der Waals surface area (Å²) in [5.74, 6) is 0. The first-order valence-electron chi connectivity index (χ1n) is 6.61. The van der Waals surface area contributed by atoms with Crippen molar-refractivity contribution >= 4 is 27.0 Å². The first kappa shape index (κ1) is 11.0. The molecule has 0 N–H and O–H groups in total. The molecule has 0 spiro atoms. The smallest absolute Gasteiger partial charge is 0.141 e. The van der Waals surface area contributed by atoms with Gasteiger partial charge in [0.2, 0.25) is 0 Å². The van der Waals surface area contributed by atoms with Crippen LogP contribution in [0.1, 0.15) is 24.1 Å². The van der Waals surface area contributed by atoms with Crippen LogP contribution in [0.5, 0.6) is 0 Å². The Bertz CT molecular complexity index is 631. The normalized spacial score (nSPS) is 23.3. The van der Waals surface area contributed by atoms with Gasteiger partial charge in [0, 0.05) is 37.1 Å². The second-order valence-electron chi connectivity index (χ2n) is 5.46. The largest absolute Gasteiger partial charge is 0.332 e. The van der Waals surface area contributed by atoms with Crippen LogP contribution in [0.25, 0.3) is 11.0 Å². The van der Waals surface area contributed by atoms with Crippen LogP contribution in [-0.2, 0) is 20.0 Å². The van der Waals surface area contributed by atoms with Crippen LogP contribution in [-0.4, -0.2) is 27.0 Å². The molecule has 18 heavy (non-hydrogen) atoms. The number of hydrogen-bond donors (Lipinski definition) is 0. The molecule has 2 aromatic rings. The Morgan fingerprint density at radius 1 is 1.39 bits per heavy atom. The molecule has 4 rings (SSSR count). The van der Waals surface area contributed by atoms with E-state index < -0.39 is 0 Å². The predicted molar refractivity (Wildman–Crippen MR) is 75.6 cm³/mol. The molecule has 1 atom stereocenters. The van der Waals surface area contributed by atoms with Crippen LogP contribution in [0.2, 0.25) is 0 Å². The van der Waals surface area contributed by atoms with Crippen LogP contribution in [0.4, 0.5) is 0 Å². The zero-order valence-corrected chi connectivity index (χ0v) is 12.1. The van der Waals surface area contributed by atoms with Crippen LogP contribution in [0.15, 0.2) is 16.7 Å². The molecular weight excluding hydrogens is 290 g/mol. The van der Waals surface area contributed by atoms with E-state index in [9.17, 15) is 0 Å². The van der Waals surface area contributed by atoms with Crippen molar-refractivity contribution in [2.24, 2.45) is 7.05 Å². The molecule has 0 amide bonds. The van der Waals surface area contributed by atoms with Crippen molar-refractivity contribution in [2.75, 3.05) is 6.54 Å². The fourth-order valence-corrected chi connectivity index (χ4v) is 3.90. The molecule has 0 bridgehead atoms. The minimum atomic E-state index is 0.768. The molecular formula is C14H16BrN3. The third-order valence-electron chi connectivity index (χ3n) is 4.53. The molecule has 94 valence electrons. The summed E-state index contributed by atoms with van der Waals surface area (Å²) in [5, 5.41) is 1.33. The summed E-state index contributed by atoms with van der Waals surface area (Å²) in [4.78, 5) is 7.28. The Balaban J connectivity index is 1.94. The third-order valence-corrected chi connectivity index (χ3v) is 4.97. The number of hydrogen-bond acceptors (Lipinski definition) is 2. The minimum absolute atomic E-state index is 0.768. The van der Waals surface area contributed by atoms with Gasteiger partial charge in [-0.3, -0.25) is 4.90 Å². The second kappa shape index (κ2) is 3.81. The molecule has 0 saturated carbocycles. The van der Waals surface area contributed by atoms with Crippen molar-refractivity contribution in [2.45, 2.75) is 31.8 Å². The maximum absolute atomic E-state index is 4.64. The topological polar surface area (TPSA) is 21.1 Å². The van der Waals surface area contributed by atoms with Crippen LogP contribution in [0.3, 0.4) is 0 Å². The van der Waals surface area contributed by atoms with E-state index in [0.717, 1.165) is 22.8 Å². The molecule has 4 heteroatoms. The minimum Gasteiger partial charge on any atom is -0.332 e. The lowest BCUT2D eigenvalue weighted by Crippen LogP contribution is -2.35. The average Bonchev–Trinajstić information content (AvgIpc) is 2.92. The maximum Gasteiger partial charge on any atom is 0.141 e. The van der Waals surface area contributed by atoms with Gasteiger partial charge in [0.1, 0.15) is 10.3 Å². The first-order chi connectivity index (χ1) is 8.74. The maximum atomic E-state index is 4.64. The summed E-state index contributed by atoms with van der Waals surface area (Å²) in [7, 11) is 2.16. The van der Waals surface area contributed by atoms with Gasteiger partial charge >= 0.3 is 0 Å². The van der Waals surface area contributed by atoms with Crippen LogP contribution < -0.4 is 0 Å². The van der Waals surface area contributed by atoms with Gasteiger partial charge in [0.25, 0.3) is 0 Å². The van der Waals surface area contributed by atoms with Crippen molar-refractivity contribution < 1.29 is 0 Å². The molecule has 0 aliphatic carbocycles. The molecule has 1 fully saturated rings. The Morgan fingerprint density at radius 3 is 3.17 bits per heavy atom. The number of rotatable bonds is 0. The number of pyridine rings is 1. The Kier molecular flexibility index (Phi) is 2.33. The predicted octanol–water partition coefficient (Wildman–Crippen LogP) is 2.86. The van der Waals surface area contributed by atoms with E-state index in [1.165, 1.54) is 42.5 Å². The van der Waals surface area contributed by atoms with E-state index in [1.807, 2.05) is 0 Å². The SMILES string of the molecule is Cn1c2c(c3ccc(Br)nc31)CN1CCCC1C2. The van der Waals surface area contributed by atoms with E-state index >= 15 is 0 Å². The van der Waals surface area contributed by atoms with Crippen LogP contribution in [0, 0.1) is 0 Å². The fraction of sp³-hybridized carbons (Fsp3) is 0.500. The van der Waals surface area contributed by atoms with E-state index in [4.69, 9.17) is 0 Å². The molecule has 0 aromatic carbocycles. The lowest BCUT2D eigenvalue weighted by atomic mass is 9.99. The Morgan fingerprint density at radius 2 is 2.28 bits per heavy atom. The third kappa shape index (κ3) is 1.42. The van der Waals surface area contributed by atoms with E-state index in [2.05, 4.69) is 49.6 Å². The molecule has 0 radical (unpaired) electrons. The van der Waals surface area contributed by atoms with Crippen molar-refractivity contribution in [3.8, 4) is 0 Å². The van der Waals surface area contributed by atoms with Gasteiger partial charge in [-0.25, -0.2) is 4.98 Å². The summed E-state index contributed by atoms with van der Waals surface area (Å²) in [5.41, 5.74) is 4.12. The summed E-state index contributed by atoms with van der Waals surface area (Å²) >= 11 is 3.47. The number of aromatic nitrogens is 2. The highest BCUT2D eigenvalue weighted by atomic mass is 79.9. The standard InChI is InChI=1S/C14H16BrN3/c1-17-12-7-9-3-2-6-18(9)8-11(12)10-4-5-13(15)16-14(10)17/h4-5,9H,2-3,6-8H2,1H3. The quantitative estimate of drug-likeness (QED) is 0.698. The van der Waals surface area contributed by atoms with E-state index in [1.54, 1.807) is 0 Å². The van der Waals surface area contributed by atoms with Gasteiger partial charge in [-0.15, -0.1) is 0 Å². The highest BCUT2D eigenvalue weighted by Gasteiger charge is 2.33. The summed E-state index contributed by atoms with van der Waals surface area (Å²) in [6.45, 7) is 2.38. The van der Waals surface area contributed by atoms with Gasteiger partial charge in [-0.1, -0.05) is 0 Å². The molecule has 4 heterocycles. The molecule has 1 unspecified atom stereocenters. The number of halogens is 1. The number of aryl methyl sites for hydroxylation is 1. The Labute approximate surface area is 115 Å². The summed E-state index contributed by atoms with van der Waals surface area (Å²) in [6.07, 6.45) is 3.91. The molecule has 1 saturated heterocycles. The Hall–Kier alpha value is -0.870. The van der Waals surface area contributed by atoms with E-state index in [-0.39, 0.29) is 0 Å². The zero-order valence-electron chi connectivity index (χ0n) is 10.5. The highest BCUT2D eigenvalue weighted by Crippen LogP contribution is 2.35. The van der Waals surface area contributed by atoms with Crippen molar-refractivity contribution in [1.82, 2.24) is 14.5 Å². The van der Waals surface area contributed by atoms with Crippen molar-refractivity contribution in [3.05, 3.63) is 28.0 Å². The zero-order chi connectivity index (χ0) is 12.3. The number of nitrogens with zero attached hydrogens (tertiary/aromatic N) is 3. The van der Waals surface area contributed by atoms with Gasteiger partial charge in [-0.2, -0.15) is 0 Å². The van der Waals surface area contributed by atoms with Crippen LogP contribution >= 0.6 is 15.9 Å². The monoisotopic (exact) mass is 305 g/mol. The van der Waals surface area contributed by atoms with Gasteiger partial charge in [0.15, 0.2) is 0 Å². The molecule has 3 nitrogen and oxygen atoms in total. The van der Waals surface area contributed by atoms with Crippen molar-refractivity contribution in [3.63, 3.8) is 0 Å². The summed E-state index contributed by atoms with van der Waals surface area (Å²) < 4.78 is 3.22. The number of fused-ring (bicyclic) bond motifs is 4. The van der Waals surface area contributed by atoms with Crippen molar-refractivity contribution in [1.29, 1.82) is 0 Å². The lowest BCUT2D eigenvalue weighted by Gasteiger charge is -2.30. The van der Waals surface area contributed by atoms with Gasteiger partial charge in [-0.05, 0) is 53.0 Å². The molecule has 2 aliphatic rings.